The van der Waals surface area contributed by atoms with Crippen LogP contribution in [0.4, 0.5) is 10.3 Å². The molecular weight excluding hydrogens is 273 g/mol. The summed E-state index contributed by atoms with van der Waals surface area (Å²) in [6.07, 6.45) is 1.20. The number of hydrogen-bond donors (Lipinski definition) is 1. The van der Waals surface area contributed by atoms with Crippen molar-refractivity contribution >= 4 is 21.6 Å². The van der Waals surface area contributed by atoms with E-state index in [0.29, 0.717) is 5.65 Å². The topological polar surface area (TPSA) is 79.6 Å². The second-order valence-corrected chi connectivity index (χ2v) is 6.41. The van der Waals surface area contributed by atoms with Crippen LogP contribution in [0, 0.1) is 5.82 Å². The quantitative estimate of drug-likeness (QED) is 0.848. The Labute approximate surface area is 110 Å². The molecule has 0 bridgehead atoms. The summed E-state index contributed by atoms with van der Waals surface area (Å²) >= 11 is 0. The van der Waals surface area contributed by atoms with Crippen LogP contribution in [0.15, 0.2) is 18.3 Å². The van der Waals surface area contributed by atoms with Gasteiger partial charge in [-0.25, -0.2) is 21.6 Å². The van der Waals surface area contributed by atoms with Crippen molar-refractivity contribution < 1.29 is 12.8 Å². The van der Waals surface area contributed by atoms with Gasteiger partial charge in [0.05, 0.1) is 11.9 Å². The van der Waals surface area contributed by atoms with Gasteiger partial charge in [0, 0.05) is 20.6 Å². The molecule has 19 heavy (non-hydrogen) atoms. The highest BCUT2D eigenvalue weighted by molar-refractivity contribution is 7.89. The maximum absolute atomic E-state index is 12.9. The fourth-order valence-corrected chi connectivity index (χ4v) is 2.13. The zero-order valence-corrected chi connectivity index (χ0v) is 11.4. The van der Waals surface area contributed by atoms with Crippen LogP contribution in [0.25, 0.3) is 5.65 Å². The first-order valence-electron chi connectivity index (χ1n) is 5.54. The third kappa shape index (κ3) is 3.18. The Morgan fingerprint density at radius 2 is 2.16 bits per heavy atom. The summed E-state index contributed by atoms with van der Waals surface area (Å²) in [7, 11) is -0.310. The zero-order valence-electron chi connectivity index (χ0n) is 10.5. The van der Waals surface area contributed by atoms with E-state index in [1.807, 2.05) is 0 Å². The van der Waals surface area contributed by atoms with Crippen molar-refractivity contribution in [2.75, 3.05) is 31.7 Å². The fraction of sp³-hybridized carbons (Fsp3) is 0.400. The molecule has 2 aromatic heterocycles. The molecular formula is C10H14FN5O2S. The van der Waals surface area contributed by atoms with Gasteiger partial charge in [0.25, 0.3) is 0 Å². The Balaban J connectivity index is 2.03. The molecule has 0 spiro atoms. The molecule has 0 saturated carbocycles. The summed E-state index contributed by atoms with van der Waals surface area (Å²) in [6, 6.07) is 2.77. The van der Waals surface area contributed by atoms with Gasteiger partial charge in [0.15, 0.2) is 5.65 Å². The van der Waals surface area contributed by atoms with Gasteiger partial charge >= 0.3 is 0 Å². The molecule has 7 nitrogen and oxygen atoms in total. The molecule has 0 saturated heterocycles. The fourth-order valence-electron chi connectivity index (χ4n) is 1.41. The predicted molar refractivity (Wildman–Crippen MR) is 68.9 cm³/mol. The van der Waals surface area contributed by atoms with Crippen LogP contribution in [0.3, 0.4) is 0 Å². The number of halogens is 1. The molecule has 2 aromatic rings. The van der Waals surface area contributed by atoms with Crippen LogP contribution in [0.1, 0.15) is 0 Å². The molecule has 0 unspecified atom stereocenters. The average molecular weight is 287 g/mol. The van der Waals surface area contributed by atoms with Gasteiger partial charge in [-0.05, 0) is 12.1 Å². The van der Waals surface area contributed by atoms with Crippen molar-refractivity contribution in [2.24, 2.45) is 0 Å². The maximum Gasteiger partial charge on any atom is 0.243 e. The number of hydrogen-bond acceptors (Lipinski definition) is 5. The number of nitrogens with zero attached hydrogens (tertiary/aromatic N) is 4. The van der Waals surface area contributed by atoms with E-state index in [1.54, 1.807) is 0 Å². The van der Waals surface area contributed by atoms with Gasteiger partial charge in [0.2, 0.25) is 16.0 Å². The number of sulfonamides is 1. The molecule has 0 amide bonds. The first-order valence-corrected chi connectivity index (χ1v) is 7.15. The lowest BCUT2D eigenvalue weighted by molar-refractivity contribution is 0.521. The maximum atomic E-state index is 12.9. The van der Waals surface area contributed by atoms with Crippen LogP contribution >= 0.6 is 0 Å². The van der Waals surface area contributed by atoms with Crippen molar-refractivity contribution in [1.82, 2.24) is 18.9 Å². The van der Waals surface area contributed by atoms with Gasteiger partial charge in [0.1, 0.15) is 5.82 Å². The summed E-state index contributed by atoms with van der Waals surface area (Å²) in [5.74, 6) is -0.220. The third-order valence-electron chi connectivity index (χ3n) is 2.49. The van der Waals surface area contributed by atoms with Gasteiger partial charge in [-0.1, -0.05) is 0 Å². The molecule has 9 heteroatoms. The number of rotatable bonds is 5. The van der Waals surface area contributed by atoms with E-state index in [-0.39, 0.29) is 18.2 Å². The average Bonchev–Trinajstić information content (AvgIpc) is 2.70. The highest BCUT2D eigenvalue weighted by Crippen LogP contribution is 2.06. The zero-order chi connectivity index (χ0) is 14.0. The molecule has 0 aliphatic rings. The minimum Gasteiger partial charge on any atom is -0.352 e. The Bertz CT molecular complexity index is 682. The second-order valence-electron chi connectivity index (χ2n) is 4.11. The van der Waals surface area contributed by atoms with Crippen molar-refractivity contribution in [3.05, 3.63) is 24.1 Å². The largest absolute Gasteiger partial charge is 0.352 e. The number of fused-ring (bicyclic) bond motifs is 1. The van der Waals surface area contributed by atoms with E-state index in [9.17, 15) is 12.8 Å². The first kappa shape index (κ1) is 13.7. The first-order chi connectivity index (χ1) is 8.88. The van der Waals surface area contributed by atoms with Crippen molar-refractivity contribution in [3.63, 3.8) is 0 Å². The summed E-state index contributed by atoms with van der Waals surface area (Å²) in [5, 5.41) is 6.78. The molecule has 2 heterocycles. The second kappa shape index (κ2) is 5.10. The minimum absolute atomic E-state index is 0.0656. The monoisotopic (exact) mass is 287 g/mol. The lowest BCUT2D eigenvalue weighted by Gasteiger charge is -2.10. The molecule has 0 atom stereocenters. The summed E-state index contributed by atoms with van der Waals surface area (Å²) in [6.45, 7) is 0.180. The number of pyridine rings is 1. The van der Waals surface area contributed by atoms with E-state index in [2.05, 4.69) is 15.4 Å². The van der Waals surface area contributed by atoms with E-state index in [4.69, 9.17) is 0 Å². The molecule has 0 radical (unpaired) electrons. The van der Waals surface area contributed by atoms with Crippen LogP contribution in [-0.2, 0) is 10.0 Å². The summed E-state index contributed by atoms with van der Waals surface area (Å²) < 4.78 is 38.4. The standard InChI is InChI=1S/C10H14FN5O2S/c1-15(2)19(17,18)6-5-12-10-13-9-4-3-8(11)7-16(9)14-10/h3-4,7H,5-6H2,1-2H3,(H,12,14). The molecule has 0 aromatic carbocycles. The van der Waals surface area contributed by atoms with Crippen molar-refractivity contribution in [3.8, 4) is 0 Å². The molecule has 104 valence electrons. The van der Waals surface area contributed by atoms with Crippen molar-refractivity contribution in [1.29, 1.82) is 0 Å². The van der Waals surface area contributed by atoms with Gasteiger partial charge in [-0.15, -0.1) is 5.10 Å². The third-order valence-corrected chi connectivity index (χ3v) is 4.33. The highest BCUT2D eigenvalue weighted by Gasteiger charge is 2.13. The molecule has 1 N–H and O–H groups in total. The molecule has 0 aliphatic heterocycles. The lowest BCUT2D eigenvalue weighted by Crippen LogP contribution is -2.28. The van der Waals surface area contributed by atoms with E-state index < -0.39 is 15.8 Å². The lowest BCUT2D eigenvalue weighted by atomic mass is 10.5. The normalized spacial score (nSPS) is 12.2. The SMILES string of the molecule is CN(C)S(=O)(=O)CCNc1nc2ccc(F)cn2n1. The van der Waals surface area contributed by atoms with Crippen LogP contribution in [0.5, 0.6) is 0 Å². The number of nitrogens with one attached hydrogen (secondary N) is 1. The van der Waals surface area contributed by atoms with Gasteiger partial charge < -0.3 is 5.32 Å². The molecule has 0 aliphatic carbocycles. The Morgan fingerprint density at radius 1 is 1.42 bits per heavy atom. The van der Waals surface area contributed by atoms with E-state index in [0.717, 1.165) is 4.31 Å². The number of aromatic nitrogens is 3. The molecule has 0 fully saturated rings. The molecule has 2 rings (SSSR count). The smallest absolute Gasteiger partial charge is 0.243 e. The minimum atomic E-state index is -3.26. The van der Waals surface area contributed by atoms with E-state index >= 15 is 0 Å². The van der Waals surface area contributed by atoms with Crippen LogP contribution < -0.4 is 5.32 Å². The van der Waals surface area contributed by atoms with Gasteiger partial charge in [-0.3, -0.25) is 0 Å². The summed E-state index contributed by atoms with van der Waals surface area (Å²) in [4.78, 5) is 4.08. The van der Waals surface area contributed by atoms with Crippen LogP contribution in [0.2, 0.25) is 0 Å². The number of anilines is 1. The van der Waals surface area contributed by atoms with Crippen LogP contribution in [-0.4, -0.2) is 53.7 Å². The highest BCUT2D eigenvalue weighted by atomic mass is 32.2. The Morgan fingerprint density at radius 3 is 2.84 bits per heavy atom. The predicted octanol–water partition coefficient (Wildman–Crippen LogP) is 0.172. The van der Waals surface area contributed by atoms with Crippen molar-refractivity contribution in [2.45, 2.75) is 0 Å². The summed E-state index contributed by atoms with van der Waals surface area (Å²) in [5.41, 5.74) is 0.486. The van der Waals surface area contributed by atoms with E-state index in [1.165, 1.54) is 36.9 Å². The Kier molecular flexibility index (Phi) is 3.67. The van der Waals surface area contributed by atoms with Gasteiger partial charge in [-0.2, -0.15) is 4.98 Å². The Hall–Kier alpha value is -1.74.